The summed E-state index contributed by atoms with van der Waals surface area (Å²) >= 11 is 0. The largest absolute Gasteiger partial charge is 0.481 e. The number of likely N-dealkylation sites (tertiary alicyclic amines) is 1. The Balaban J connectivity index is 1.81. The molecule has 0 aromatic carbocycles. The van der Waals surface area contributed by atoms with E-state index in [1.54, 1.807) is 0 Å². The van der Waals surface area contributed by atoms with Gasteiger partial charge in [-0.1, -0.05) is 12.1 Å². The van der Waals surface area contributed by atoms with E-state index in [-0.39, 0.29) is 12.3 Å². The van der Waals surface area contributed by atoms with Gasteiger partial charge >= 0.3 is 5.97 Å². The lowest BCUT2D eigenvalue weighted by molar-refractivity contribution is -0.138. The van der Waals surface area contributed by atoms with Gasteiger partial charge in [0.25, 0.3) is 0 Å². The molecule has 100 valence electrons. The van der Waals surface area contributed by atoms with E-state index in [1.165, 1.54) is 0 Å². The molecule has 1 atom stereocenters. The summed E-state index contributed by atoms with van der Waals surface area (Å²) in [7, 11) is 0. The Bertz CT molecular complexity index is 405. The molecule has 1 fully saturated rings. The summed E-state index contributed by atoms with van der Waals surface area (Å²) in [4.78, 5) is 17.1. The number of carboxylic acid groups (broad SMARTS) is 1. The van der Waals surface area contributed by atoms with Gasteiger partial charge in [-0.15, -0.1) is 0 Å². The molecular weight excluding hydrogens is 234 g/mol. The normalized spacial score (nSPS) is 20.4. The highest BCUT2D eigenvalue weighted by Crippen LogP contribution is 2.20. The highest BCUT2D eigenvalue weighted by Gasteiger charge is 2.25. The maximum Gasteiger partial charge on any atom is 0.303 e. The van der Waals surface area contributed by atoms with Gasteiger partial charge in [0.05, 0.1) is 6.54 Å². The molecule has 1 aliphatic heterocycles. The van der Waals surface area contributed by atoms with Crippen molar-refractivity contribution in [3.63, 3.8) is 0 Å². The highest BCUT2D eigenvalue weighted by molar-refractivity contribution is 5.67. The van der Waals surface area contributed by atoms with Crippen molar-refractivity contribution >= 4 is 5.97 Å². The van der Waals surface area contributed by atoms with Crippen LogP contribution >= 0.6 is 0 Å². The van der Waals surface area contributed by atoms with Gasteiger partial charge in [-0.05, 0) is 25.3 Å². The minimum Gasteiger partial charge on any atom is -0.481 e. The summed E-state index contributed by atoms with van der Waals surface area (Å²) in [6.45, 7) is 4.45. The summed E-state index contributed by atoms with van der Waals surface area (Å²) in [6, 6.07) is 0. The van der Waals surface area contributed by atoms with Crippen LogP contribution in [0.15, 0.2) is 4.52 Å². The van der Waals surface area contributed by atoms with Gasteiger partial charge in [-0.2, -0.15) is 4.98 Å². The third-order valence-corrected chi connectivity index (χ3v) is 3.17. The van der Waals surface area contributed by atoms with E-state index in [2.05, 4.69) is 22.0 Å². The number of carboxylic acids is 1. The van der Waals surface area contributed by atoms with Crippen molar-refractivity contribution in [2.75, 3.05) is 13.1 Å². The average Bonchev–Trinajstić information content (AvgIpc) is 2.89. The average molecular weight is 253 g/mol. The minimum atomic E-state index is -0.716. The molecule has 1 N–H and O–H groups in total. The lowest BCUT2D eigenvalue weighted by atomic mass is 10.1. The second-order valence-corrected chi connectivity index (χ2v) is 4.84. The van der Waals surface area contributed by atoms with Crippen molar-refractivity contribution < 1.29 is 14.4 Å². The molecule has 18 heavy (non-hydrogen) atoms. The number of carbonyl (C=O) groups is 1. The molecule has 6 heteroatoms. The fraction of sp³-hybridized carbons (Fsp3) is 0.750. The van der Waals surface area contributed by atoms with Crippen LogP contribution in [0.2, 0.25) is 0 Å². The summed E-state index contributed by atoms with van der Waals surface area (Å²) in [5.41, 5.74) is 0. The van der Waals surface area contributed by atoms with Crippen LogP contribution in [0.1, 0.15) is 37.9 Å². The summed E-state index contributed by atoms with van der Waals surface area (Å²) in [5, 5.41) is 12.7. The molecule has 0 bridgehead atoms. The number of hydrogen-bond donors (Lipinski definition) is 1. The Morgan fingerprint density at radius 2 is 2.44 bits per heavy atom. The number of aryl methyl sites for hydroxylation is 1. The summed E-state index contributed by atoms with van der Waals surface area (Å²) in [6.07, 6.45) is 3.00. The van der Waals surface area contributed by atoms with E-state index in [1.807, 2.05) is 0 Å². The maximum atomic E-state index is 10.6. The van der Waals surface area contributed by atoms with E-state index in [0.29, 0.717) is 18.3 Å². The predicted octanol–water partition coefficient (Wildman–Crippen LogP) is 1.32. The number of hydrogen-bond acceptors (Lipinski definition) is 5. The molecular formula is C12H19N3O3. The zero-order valence-corrected chi connectivity index (χ0v) is 10.6. The summed E-state index contributed by atoms with van der Waals surface area (Å²) < 4.78 is 5.12. The van der Waals surface area contributed by atoms with E-state index >= 15 is 0 Å². The van der Waals surface area contributed by atoms with Crippen molar-refractivity contribution in [2.45, 2.75) is 39.2 Å². The van der Waals surface area contributed by atoms with Crippen molar-refractivity contribution in [3.8, 4) is 0 Å². The first-order valence-electron chi connectivity index (χ1n) is 6.43. The van der Waals surface area contributed by atoms with Gasteiger partial charge in [0.15, 0.2) is 5.82 Å². The predicted molar refractivity (Wildman–Crippen MR) is 63.9 cm³/mol. The van der Waals surface area contributed by atoms with Crippen molar-refractivity contribution in [1.29, 1.82) is 0 Å². The van der Waals surface area contributed by atoms with E-state index in [4.69, 9.17) is 9.63 Å². The molecule has 1 unspecified atom stereocenters. The zero-order valence-electron chi connectivity index (χ0n) is 10.6. The lowest BCUT2D eigenvalue weighted by Crippen LogP contribution is -2.21. The third-order valence-electron chi connectivity index (χ3n) is 3.17. The third kappa shape index (κ3) is 3.53. The Morgan fingerprint density at radius 3 is 3.17 bits per heavy atom. The molecule has 1 aromatic heterocycles. The first-order valence-corrected chi connectivity index (χ1v) is 6.43. The topological polar surface area (TPSA) is 79.5 Å². The standard InChI is InChI=1S/C12H19N3O3/c1-2-3-11-13-10(14-18-11)8-15-5-4-9(7-15)6-12(16)17/h9H,2-8H2,1H3,(H,16,17). The monoisotopic (exact) mass is 253 g/mol. The Kier molecular flexibility index (Phi) is 4.30. The Hall–Kier alpha value is -1.43. The number of nitrogens with zero attached hydrogens (tertiary/aromatic N) is 3. The molecule has 0 spiro atoms. The van der Waals surface area contributed by atoms with E-state index in [9.17, 15) is 4.79 Å². The molecule has 1 aliphatic rings. The van der Waals surface area contributed by atoms with Gasteiger partial charge in [-0.3, -0.25) is 9.69 Å². The van der Waals surface area contributed by atoms with E-state index < -0.39 is 5.97 Å². The quantitative estimate of drug-likeness (QED) is 0.823. The first kappa shape index (κ1) is 13.0. The van der Waals surface area contributed by atoms with Crippen molar-refractivity contribution in [1.82, 2.24) is 15.0 Å². The van der Waals surface area contributed by atoms with Crippen molar-refractivity contribution in [3.05, 3.63) is 11.7 Å². The molecule has 2 heterocycles. The fourth-order valence-electron chi connectivity index (χ4n) is 2.34. The molecule has 0 radical (unpaired) electrons. The smallest absolute Gasteiger partial charge is 0.303 e. The second-order valence-electron chi connectivity index (χ2n) is 4.84. The van der Waals surface area contributed by atoms with Crippen molar-refractivity contribution in [2.24, 2.45) is 5.92 Å². The second kappa shape index (κ2) is 5.95. The number of aliphatic carboxylic acids is 1. The molecule has 6 nitrogen and oxygen atoms in total. The fourth-order valence-corrected chi connectivity index (χ4v) is 2.34. The molecule has 1 saturated heterocycles. The zero-order chi connectivity index (χ0) is 13.0. The van der Waals surface area contributed by atoms with Gasteiger partial charge < -0.3 is 9.63 Å². The molecule has 1 aromatic rings. The van der Waals surface area contributed by atoms with Crippen LogP contribution in [0.3, 0.4) is 0 Å². The number of aromatic nitrogens is 2. The van der Waals surface area contributed by atoms with Crippen LogP contribution in [0.5, 0.6) is 0 Å². The SMILES string of the molecule is CCCc1nc(CN2CCC(CC(=O)O)C2)no1. The van der Waals surface area contributed by atoms with Crippen LogP contribution in [-0.4, -0.2) is 39.2 Å². The maximum absolute atomic E-state index is 10.6. The Morgan fingerprint density at radius 1 is 1.61 bits per heavy atom. The lowest BCUT2D eigenvalue weighted by Gasteiger charge is -2.12. The van der Waals surface area contributed by atoms with Gasteiger partial charge in [0.1, 0.15) is 0 Å². The van der Waals surface area contributed by atoms with Crippen LogP contribution in [0.25, 0.3) is 0 Å². The molecule has 0 aliphatic carbocycles. The van der Waals surface area contributed by atoms with Crippen LogP contribution in [0.4, 0.5) is 0 Å². The molecule has 0 amide bonds. The minimum absolute atomic E-state index is 0.254. The van der Waals surface area contributed by atoms with Crippen LogP contribution < -0.4 is 0 Å². The van der Waals surface area contributed by atoms with Crippen LogP contribution in [0, 0.1) is 5.92 Å². The van der Waals surface area contributed by atoms with E-state index in [0.717, 1.165) is 32.4 Å². The Labute approximate surface area is 106 Å². The van der Waals surface area contributed by atoms with Gasteiger partial charge in [-0.25, -0.2) is 0 Å². The first-order chi connectivity index (χ1) is 8.67. The van der Waals surface area contributed by atoms with Gasteiger partial charge in [0, 0.05) is 19.4 Å². The number of rotatable bonds is 6. The summed E-state index contributed by atoms with van der Waals surface area (Å²) in [5.74, 6) is 0.930. The van der Waals surface area contributed by atoms with Crippen LogP contribution in [-0.2, 0) is 17.8 Å². The van der Waals surface area contributed by atoms with Gasteiger partial charge in [0.2, 0.25) is 5.89 Å². The molecule has 2 rings (SSSR count). The highest BCUT2D eigenvalue weighted by atomic mass is 16.5. The molecule has 0 saturated carbocycles.